The zero-order chi connectivity index (χ0) is 11.6. The van der Waals surface area contributed by atoms with Crippen LogP contribution in [0.1, 0.15) is 47.5 Å². The molecular weight excluding hydrogens is 188 g/mol. The van der Waals surface area contributed by atoms with Crippen LogP contribution in [-0.4, -0.2) is 45.9 Å². The fourth-order valence-electron chi connectivity index (χ4n) is 2.19. The molecule has 1 rings (SSSR count). The predicted octanol–water partition coefficient (Wildman–Crippen LogP) is 2.35. The van der Waals surface area contributed by atoms with Gasteiger partial charge in [0.15, 0.2) is 0 Å². The van der Waals surface area contributed by atoms with E-state index >= 15 is 0 Å². The van der Waals surface area contributed by atoms with Gasteiger partial charge in [-0.05, 0) is 60.5 Å². The summed E-state index contributed by atoms with van der Waals surface area (Å²) in [6.45, 7) is 12.9. The number of nitrogens with zero attached hydrogens (tertiary/aromatic N) is 2. The summed E-state index contributed by atoms with van der Waals surface area (Å²) in [5.41, 5.74) is -0.134. The maximum atomic E-state index is 10.1. The Balaban J connectivity index is 2.44. The molecule has 90 valence electrons. The Labute approximate surface area is 94.0 Å². The summed E-state index contributed by atoms with van der Waals surface area (Å²) in [6, 6.07) is 0.965. The van der Waals surface area contributed by atoms with Gasteiger partial charge < -0.3 is 10.1 Å². The third-order valence-electron chi connectivity index (χ3n) is 3.26. The van der Waals surface area contributed by atoms with Gasteiger partial charge in [0.1, 0.15) is 0 Å². The number of likely N-dealkylation sites (tertiary alicyclic amines) is 1. The van der Waals surface area contributed by atoms with Crippen molar-refractivity contribution in [3.05, 3.63) is 0 Å². The van der Waals surface area contributed by atoms with E-state index in [1.807, 2.05) is 0 Å². The van der Waals surface area contributed by atoms with Gasteiger partial charge in [-0.3, -0.25) is 0 Å². The molecule has 1 fully saturated rings. The highest BCUT2D eigenvalue weighted by Gasteiger charge is 2.30. The first-order valence-electron chi connectivity index (χ1n) is 6.04. The lowest BCUT2D eigenvalue weighted by Crippen LogP contribution is -2.51. The molecule has 0 saturated carbocycles. The number of rotatable bonds is 2. The first kappa shape index (κ1) is 12.9. The summed E-state index contributed by atoms with van der Waals surface area (Å²) >= 11 is 0. The van der Waals surface area contributed by atoms with Gasteiger partial charge in [-0.1, -0.05) is 0 Å². The Bertz CT molecular complexity index is 190. The summed E-state index contributed by atoms with van der Waals surface area (Å²) in [5.74, 6) is 0. The molecule has 0 aromatic heterocycles. The Hall–Kier alpha value is -0.120. The van der Waals surface area contributed by atoms with E-state index in [0.29, 0.717) is 12.1 Å². The largest absolute Gasteiger partial charge is 0.313 e. The molecule has 1 aliphatic rings. The monoisotopic (exact) mass is 214 g/mol. The van der Waals surface area contributed by atoms with E-state index in [1.54, 1.807) is 5.06 Å². The minimum atomic E-state index is -0.134. The molecule has 3 heteroatoms. The molecule has 1 N–H and O–H groups in total. The molecule has 1 aliphatic heterocycles. The first-order chi connectivity index (χ1) is 6.82. The third-order valence-corrected chi connectivity index (χ3v) is 3.26. The third kappa shape index (κ3) is 3.44. The maximum absolute atomic E-state index is 10.1. The van der Waals surface area contributed by atoms with Crippen LogP contribution in [0.15, 0.2) is 0 Å². The molecule has 0 aromatic rings. The van der Waals surface area contributed by atoms with Crippen LogP contribution in [0, 0.1) is 0 Å². The highest BCUT2D eigenvalue weighted by Crippen LogP contribution is 2.22. The molecule has 15 heavy (non-hydrogen) atoms. The van der Waals surface area contributed by atoms with Crippen LogP contribution in [0.3, 0.4) is 0 Å². The van der Waals surface area contributed by atoms with E-state index in [1.165, 1.54) is 0 Å². The van der Waals surface area contributed by atoms with Crippen LogP contribution < -0.4 is 0 Å². The van der Waals surface area contributed by atoms with Crippen molar-refractivity contribution in [3.63, 3.8) is 0 Å². The Morgan fingerprint density at radius 2 is 1.67 bits per heavy atom. The number of piperidine rings is 1. The summed E-state index contributed by atoms with van der Waals surface area (Å²) in [5, 5.41) is 11.6. The topological polar surface area (TPSA) is 26.7 Å². The molecule has 0 aromatic carbocycles. The standard InChI is InChI=1S/C12H26N2O/c1-10(2)13-8-6-11(7-9-13)14(15)12(3,4)5/h10-11,15H,6-9H2,1-5H3. The molecule has 0 bridgehead atoms. The molecule has 1 saturated heterocycles. The van der Waals surface area contributed by atoms with Crippen LogP contribution in [0.5, 0.6) is 0 Å². The van der Waals surface area contributed by atoms with Gasteiger partial charge in [0.2, 0.25) is 0 Å². The number of hydroxylamine groups is 2. The summed E-state index contributed by atoms with van der Waals surface area (Å²) in [4.78, 5) is 2.48. The van der Waals surface area contributed by atoms with Crippen molar-refractivity contribution < 1.29 is 5.21 Å². The SMILES string of the molecule is CC(C)N1CCC(N(O)C(C)(C)C)CC1. The van der Waals surface area contributed by atoms with Crippen LogP contribution >= 0.6 is 0 Å². The van der Waals surface area contributed by atoms with Crippen LogP contribution in [0.4, 0.5) is 0 Å². The second-order valence-electron chi connectivity index (χ2n) is 5.88. The minimum absolute atomic E-state index is 0.134. The molecule has 0 unspecified atom stereocenters. The quantitative estimate of drug-likeness (QED) is 0.715. The summed E-state index contributed by atoms with van der Waals surface area (Å²) in [6.07, 6.45) is 2.15. The van der Waals surface area contributed by atoms with Crippen molar-refractivity contribution in [2.24, 2.45) is 0 Å². The van der Waals surface area contributed by atoms with E-state index in [-0.39, 0.29) is 5.54 Å². The molecule has 0 atom stereocenters. The lowest BCUT2D eigenvalue weighted by Gasteiger charge is -2.42. The van der Waals surface area contributed by atoms with Crippen molar-refractivity contribution >= 4 is 0 Å². The average Bonchev–Trinajstić information content (AvgIpc) is 2.15. The van der Waals surface area contributed by atoms with Gasteiger partial charge >= 0.3 is 0 Å². The second kappa shape index (κ2) is 4.81. The van der Waals surface area contributed by atoms with Gasteiger partial charge in [-0.25, -0.2) is 0 Å². The maximum Gasteiger partial charge on any atom is 0.0380 e. The minimum Gasteiger partial charge on any atom is -0.313 e. The molecular formula is C12H26N2O. The summed E-state index contributed by atoms with van der Waals surface area (Å²) < 4.78 is 0. The number of hydrogen-bond acceptors (Lipinski definition) is 3. The van der Waals surface area contributed by atoms with Crippen molar-refractivity contribution in [1.29, 1.82) is 0 Å². The van der Waals surface area contributed by atoms with E-state index in [0.717, 1.165) is 25.9 Å². The highest BCUT2D eigenvalue weighted by atomic mass is 16.5. The van der Waals surface area contributed by atoms with Crippen molar-refractivity contribution in [2.45, 2.75) is 65.1 Å². The molecule has 0 radical (unpaired) electrons. The Kier molecular flexibility index (Phi) is 4.15. The lowest BCUT2D eigenvalue weighted by molar-refractivity contribution is -0.196. The summed E-state index contributed by atoms with van der Waals surface area (Å²) in [7, 11) is 0. The zero-order valence-electron chi connectivity index (χ0n) is 10.8. The van der Waals surface area contributed by atoms with E-state index in [2.05, 4.69) is 39.5 Å². The Morgan fingerprint density at radius 3 is 2.00 bits per heavy atom. The average molecular weight is 214 g/mol. The van der Waals surface area contributed by atoms with E-state index in [9.17, 15) is 5.21 Å². The van der Waals surface area contributed by atoms with E-state index in [4.69, 9.17) is 0 Å². The molecule has 0 aliphatic carbocycles. The number of hydrogen-bond donors (Lipinski definition) is 1. The van der Waals surface area contributed by atoms with Gasteiger partial charge in [-0.2, -0.15) is 5.06 Å². The molecule has 3 nitrogen and oxygen atoms in total. The molecule has 1 heterocycles. The fourth-order valence-corrected chi connectivity index (χ4v) is 2.19. The van der Waals surface area contributed by atoms with Gasteiger partial charge in [0, 0.05) is 17.6 Å². The highest BCUT2D eigenvalue weighted by molar-refractivity contribution is 4.82. The fraction of sp³-hybridized carbons (Fsp3) is 1.00. The zero-order valence-corrected chi connectivity index (χ0v) is 10.8. The van der Waals surface area contributed by atoms with Crippen molar-refractivity contribution in [3.8, 4) is 0 Å². The predicted molar refractivity (Wildman–Crippen MR) is 63.1 cm³/mol. The van der Waals surface area contributed by atoms with Gasteiger partial charge in [-0.15, -0.1) is 0 Å². The van der Waals surface area contributed by atoms with Crippen molar-refractivity contribution in [2.75, 3.05) is 13.1 Å². The van der Waals surface area contributed by atoms with Crippen LogP contribution in [-0.2, 0) is 0 Å². The van der Waals surface area contributed by atoms with Crippen molar-refractivity contribution in [1.82, 2.24) is 9.96 Å². The Morgan fingerprint density at radius 1 is 1.20 bits per heavy atom. The van der Waals surface area contributed by atoms with E-state index < -0.39 is 0 Å². The normalized spacial score (nSPS) is 21.6. The molecule has 0 spiro atoms. The van der Waals surface area contributed by atoms with Gasteiger partial charge in [0.25, 0.3) is 0 Å². The van der Waals surface area contributed by atoms with Crippen LogP contribution in [0.25, 0.3) is 0 Å². The lowest BCUT2D eigenvalue weighted by atomic mass is 9.98. The smallest absolute Gasteiger partial charge is 0.0380 e. The van der Waals surface area contributed by atoms with Gasteiger partial charge in [0.05, 0.1) is 0 Å². The second-order valence-corrected chi connectivity index (χ2v) is 5.88. The molecule has 0 amide bonds. The van der Waals surface area contributed by atoms with Crippen LogP contribution in [0.2, 0.25) is 0 Å². The first-order valence-corrected chi connectivity index (χ1v) is 6.04.